The summed E-state index contributed by atoms with van der Waals surface area (Å²) in [5.41, 5.74) is -57.5. The molecule has 0 unspecified atom stereocenters. The Balaban J connectivity index is 0.000000341. The van der Waals surface area contributed by atoms with Gasteiger partial charge in [0.2, 0.25) is 0 Å². The van der Waals surface area contributed by atoms with Gasteiger partial charge in [0.05, 0.1) is 112 Å². The van der Waals surface area contributed by atoms with E-state index in [-0.39, 0.29) is 30.4 Å². The second-order valence-corrected chi connectivity index (χ2v) is 31.6. The van der Waals surface area contributed by atoms with Crippen molar-refractivity contribution in [2.75, 3.05) is 0 Å². The molecule has 0 amide bonds. The Morgan fingerprint density at radius 3 is 0.297 bits per heavy atom. The molecule has 0 fully saturated rings. The minimum absolute atomic E-state index is 0. The molecule has 4 N–H and O–H groups in total. The molecule has 8 aromatic carbocycles. The number of halogens is 52. The van der Waals surface area contributed by atoms with Crippen LogP contribution in [0.5, 0.6) is 0 Å². The monoisotopic (exact) mass is 2310 g/mol. The molecule has 6 nitrogen and oxygen atoms in total. The Morgan fingerprint density at radius 2 is 0.228 bits per heavy atom. The number of pyridine rings is 4. The maximum absolute atomic E-state index is 14.2. The molecule has 0 aliphatic rings. The maximum atomic E-state index is 14.2. The van der Waals surface area contributed by atoms with Gasteiger partial charge in [-0.25, -0.2) is 0 Å². The van der Waals surface area contributed by atoms with Gasteiger partial charge in [0.25, 0.3) is 0 Å². The number of hydrogen-bond acceptors (Lipinski definition) is 4. The van der Waals surface area contributed by atoms with E-state index in [0.717, 1.165) is 22.8 Å². The minimum atomic E-state index is -6.13. The van der Waals surface area contributed by atoms with Crippen molar-refractivity contribution in [3.8, 4) is 22.8 Å². The largest absolute Gasteiger partial charge is 2.00 e. The maximum Gasteiger partial charge on any atom is 2.00 e. The summed E-state index contributed by atoms with van der Waals surface area (Å²) in [6.07, 6.45) is -103. The SMILES string of the molecule is Clc1ccnc(-c2cc(Cl)ccn2)c1.Clc1ccnc(-c2cc(Cl)ccn2)c1.FC(F)(F)c1cc([B-](c2cc(C(F)(F)F)cc(C(F)(F)F)c2)(c2cc(C(F)(F)F)cc(C(F)(F)F)c2)c2cc(C(F)(F)F)cc(C(F)(F)F)c2)cc(C(F)(F)F)c1.FC(F)(F)c1cc([B-](c2cc(C(F)(F)F)cc(C(F)(F)F)c2)(c2cc(C(F)(F)F)cc(C(F)(F)F)c2)c2cc(C(F)(F)F)cc(C(F)(F)F)c2)cc(C(F)(F)F)c1.O.O.[Ru+2]. The van der Waals surface area contributed by atoms with Crippen molar-refractivity contribution in [1.82, 2.24) is 19.9 Å². The number of aromatic nitrogens is 4. The Bertz CT molecular complexity index is 5270. The van der Waals surface area contributed by atoms with E-state index in [9.17, 15) is 211 Å². The van der Waals surface area contributed by atoms with Crippen molar-refractivity contribution < 1.29 is 241 Å². The summed E-state index contributed by atoms with van der Waals surface area (Å²) in [5.74, 6) is 0. The fraction of sp³-hybridized carbons (Fsp3) is 0.190. The minimum Gasteiger partial charge on any atom is -0.412 e. The van der Waals surface area contributed by atoms with Gasteiger partial charge in [-0.3, -0.25) is 19.9 Å². The van der Waals surface area contributed by atoms with E-state index in [0.29, 0.717) is 20.1 Å². The third kappa shape index (κ3) is 29.7. The van der Waals surface area contributed by atoms with E-state index >= 15 is 0 Å². The fourth-order valence-electron chi connectivity index (χ4n) is 14.3. The summed E-state index contributed by atoms with van der Waals surface area (Å²) in [7, 11) is 0. The fourth-order valence-corrected chi connectivity index (χ4v) is 15.0. The summed E-state index contributed by atoms with van der Waals surface area (Å²) < 4.78 is 682. The van der Waals surface area contributed by atoms with Crippen LogP contribution in [-0.2, 0) is 118 Å². The molecule has 4 aromatic heterocycles. The van der Waals surface area contributed by atoms with Crippen LogP contribution in [0.3, 0.4) is 0 Å². The first kappa shape index (κ1) is 123. The van der Waals surface area contributed by atoms with Gasteiger partial charge in [-0.1, -0.05) is 143 Å². The molecule has 0 saturated heterocycles. The predicted octanol–water partition coefficient (Wildman–Crippen LogP) is 27.7. The molecule has 0 saturated carbocycles. The Morgan fingerprint density at radius 1 is 0.145 bits per heavy atom. The normalized spacial score (nSPS) is 13.2. The van der Waals surface area contributed by atoms with Gasteiger partial charge in [0.1, 0.15) is 12.3 Å². The zero-order valence-electron chi connectivity index (χ0n) is 68.7. The van der Waals surface area contributed by atoms with Gasteiger partial charge in [-0.2, -0.15) is 254 Å². The molecule has 145 heavy (non-hydrogen) atoms. The molecule has 0 aliphatic carbocycles. The third-order valence-corrected chi connectivity index (χ3v) is 21.2. The third-order valence-electron chi connectivity index (χ3n) is 20.3. The van der Waals surface area contributed by atoms with Crippen LogP contribution in [0, 0.1) is 0 Å². The van der Waals surface area contributed by atoms with E-state index < -0.39 is 389 Å². The summed E-state index contributed by atoms with van der Waals surface area (Å²) >= 11 is 23.3. The quantitative estimate of drug-likeness (QED) is 0.100. The van der Waals surface area contributed by atoms with E-state index in [1.807, 2.05) is 0 Å². The second-order valence-electron chi connectivity index (χ2n) is 29.9. The molecule has 12 rings (SSSR count). The molecule has 0 aliphatic heterocycles. The standard InChI is InChI=1S/2C32H12BF24.2C10H6Cl2N2.2H2O.Ru/c2*34-25(35,36)13-1-14(26(37,38)39)6-21(5-13)33(22-7-15(27(40,41)42)2-16(8-22)28(43,44)45,23-9-17(29(46,47)48)3-18(10-23)30(49,50)51)24-11-19(31(52,53)54)4-20(12-24)32(55,56)57;2*11-7-1-3-13-9(5-7)10-6-8(12)2-4-14-10;;;/h2*1-12H;2*1-6H;2*1H2;/q2*-1;;;;;+2. The van der Waals surface area contributed by atoms with Crippen molar-refractivity contribution in [2.24, 2.45) is 0 Å². The van der Waals surface area contributed by atoms with Crippen LogP contribution in [0.2, 0.25) is 20.1 Å². The molecule has 0 atom stereocenters. The van der Waals surface area contributed by atoms with E-state index in [1.165, 1.54) is 0 Å². The average molecular weight is 2310 g/mol. The second kappa shape index (κ2) is 42.6. The molecular formula is C84H40B2Cl4F48N4O2Ru. The summed E-state index contributed by atoms with van der Waals surface area (Å²) in [6.45, 7) is 0. The van der Waals surface area contributed by atoms with Crippen molar-refractivity contribution in [3.63, 3.8) is 0 Å². The van der Waals surface area contributed by atoms with Crippen LogP contribution >= 0.6 is 46.4 Å². The van der Waals surface area contributed by atoms with Gasteiger partial charge in [-0.05, 0) is 97.1 Å². The molecule has 0 radical (unpaired) electrons. The molecule has 786 valence electrons. The smallest absolute Gasteiger partial charge is 0.412 e. The number of rotatable bonds is 10. The summed E-state index contributed by atoms with van der Waals surface area (Å²) in [6, 6.07) is -3.75. The van der Waals surface area contributed by atoms with Crippen LogP contribution in [0.4, 0.5) is 211 Å². The van der Waals surface area contributed by atoms with E-state index in [2.05, 4.69) is 19.9 Å². The van der Waals surface area contributed by atoms with Crippen molar-refractivity contribution in [3.05, 3.63) is 328 Å². The Labute approximate surface area is 809 Å². The summed E-state index contributed by atoms with van der Waals surface area (Å²) in [5, 5.41) is 2.54. The van der Waals surface area contributed by atoms with Gasteiger partial charge in [0, 0.05) is 44.9 Å². The van der Waals surface area contributed by atoms with Crippen molar-refractivity contribution >= 4 is 102 Å². The van der Waals surface area contributed by atoms with Gasteiger partial charge in [-0.15, -0.1) is 0 Å². The molecule has 12 aromatic rings. The van der Waals surface area contributed by atoms with E-state index in [4.69, 9.17) is 46.4 Å². The number of alkyl halides is 48. The first-order valence-corrected chi connectivity index (χ1v) is 38.7. The number of hydrogen-bond donors (Lipinski definition) is 0. The van der Waals surface area contributed by atoms with Crippen LogP contribution < -0.4 is 43.7 Å². The van der Waals surface area contributed by atoms with Crippen LogP contribution in [0.1, 0.15) is 89.0 Å². The van der Waals surface area contributed by atoms with E-state index in [1.54, 1.807) is 73.3 Å². The Kier molecular flexibility index (Phi) is 36.0. The molecule has 0 spiro atoms. The number of benzene rings is 8. The van der Waals surface area contributed by atoms with Crippen LogP contribution in [0.25, 0.3) is 22.8 Å². The van der Waals surface area contributed by atoms with Crippen molar-refractivity contribution in [2.45, 2.75) is 98.8 Å². The van der Waals surface area contributed by atoms with Gasteiger partial charge < -0.3 is 11.0 Å². The molecular weight excluding hydrogens is 2270 g/mol. The van der Waals surface area contributed by atoms with Gasteiger partial charge in [0.15, 0.2) is 0 Å². The molecule has 61 heteroatoms. The topological polar surface area (TPSA) is 115 Å². The molecule has 4 heterocycles. The molecule has 0 bridgehead atoms. The predicted molar refractivity (Wildman–Crippen MR) is 422 cm³/mol. The number of nitrogens with zero attached hydrogens (tertiary/aromatic N) is 4. The van der Waals surface area contributed by atoms with Crippen LogP contribution in [0.15, 0.2) is 219 Å². The summed E-state index contributed by atoms with van der Waals surface area (Å²) in [4.78, 5) is 16.6. The first-order chi connectivity index (χ1) is 64.0. The zero-order valence-corrected chi connectivity index (χ0v) is 73.5. The van der Waals surface area contributed by atoms with Crippen LogP contribution in [-0.4, -0.2) is 43.2 Å². The van der Waals surface area contributed by atoms with Gasteiger partial charge >= 0.3 is 118 Å². The Hall–Kier alpha value is -11.2. The average Bonchev–Trinajstić information content (AvgIpc) is 0.708. The first-order valence-electron chi connectivity index (χ1n) is 37.2. The zero-order chi connectivity index (χ0) is 108. The van der Waals surface area contributed by atoms with Crippen molar-refractivity contribution in [1.29, 1.82) is 0 Å².